The highest BCUT2D eigenvalue weighted by molar-refractivity contribution is 5.74. The number of nitrogens with zero attached hydrogens (tertiary/aromatic N) is 1. The summed E-state index contributed by atoms with van der Waals surface area (Å²) in [6.07, 6.45) is -6.55. The highest BCUT2D eigenvalue weighted by Gasteiger charge is 2.45. The number of carbonyl (C=O) groups is 1. The largest absolute Gasteiger partial charge is 0.492 e. The second kappa shape index (κ2) is 12.3. The summed E-state index contributed by atoms with van der Waals surface area (Å²) in [5.74, 6) is 0.709. The van der Waals surface area contributed by atoms with E-state index in [1.807, 2.05) is 26.0 Å². The first-order chi connectivity index (χ1) is 19.0. The highest BCUT2D eigenvalue weighted by Crippen LogP contribution is 2.42. The Morgan fingerprint density at radius 3 is 2.55 bits per heavy atom. The molecule has 0 spiro atoms. The van der Waals surface area contributed by atoms with Gasteiger partial charge in [-0.1, -0.05) is 6.92 Å². The topological polar surface area (TPSA) is 219 Å². The summed E-state index contributed by atoms with van der Waals surface area (Å²) in [7, 11) is 0. The standard InChI is InChI=1S/C26H38N4O10/c1-12-6-14(38-5-4-27-25(37)28-26(3,10-32)11-33)7-16-13(2)19-17(8-15(12)16)23(30-29-19)40-24-22(36)21(35)20(34)18(9-31)39-24/h6-7,13,18,20-22,24,31-36H,4-5,8-11H2,1-3H3,(H,29,30)(H2,27,28,37)/t13?,18?,20-,21?,22-,24+/m1/s1. The lowest BCUT2D eigenvalue weighted by Crippen LogP contribution is -2.60. The van der Waals surface area contributed by atoms with Gasteiger partial charge < -0.3 is 55.5 Å². The molecule has 6 atom stereocenters. The number of aliphatic hydroxyl groups excluding tert-OH is 6. The third-order valence-corrected chi connectivity index (χ3v) is 7.44. The molecule has 0 radical (unpaired) electrons. The maximum Gasteiger partial charge on any atom is 0.315 e. The van der Waals surface area contributed by atoms with Crippen LogP contribution in [0.25, 0.3) is 0 Å². The monoisotopic (exact) mass is 566 g/mol. The molecular formula is C26H38N4O10. The summed E-state index contributed by atoms with van der Waals surface area (Å²) in [6, 6.07) is 3.30. The molecule has 1 aliphatic heterocycles. The van der Waals surface area contributed by atoms with E-state index in [1.165, 1.54) is 6.92 Å². The van der Waals surface area contributed by atoms with Crippen molar-refractivity contribution in [3.63, 3.8) is 0 Å². The minimum absolute atomic E-state index is 0.112. The maximum absolute atomic E-state index is 12.0. The smallest absolute Gasteiger partial charge is 0.315 e. The third kappa shape index (κ3) is 6.02. The van der Waals surface area contributed by atoms with Crippen LogP contribution in [0.5, 0.6) is 11.6 Å². The zero-order chi connectivity index (χ0) is 29.2. The first-order valence-corrected chi connectivity index (χ1v) is 13.1. The number of aromatic nitrogens is 2. The molecule has 1 saturated heterocycles. The van der Waals surface area contributed by atoms with Gasteiger partial charge in [0.05, 0.1) is 31.9 Å². The summed E-state index contributed by atoms with van der Waals surface area (Å²) < 4.78 is 17.2. The summed E-state index contributed by atoms with van der Waals surface area (Å²) in [5.41, 5.74) is 3.49. The zero-order valence-corrected chi connectivity index (χ0v) is 22.6. The Labute approximate surface area is 230 Å². The number of aliphatic hydroxyl groups is 6. The van der Waals surface area contributed by atoms with E-state index in [0.29, 0.717) is 12.2 Å². The van der Waals surface area contributed by atoms with E-state index < -0.39 is 62.1 Å². The molecule has 3 unspecified atom stereocenters. The van der Waals surface area contributed by atoms with Crippen LogP contribution in [0.3, 0.4) is 0 Å². The van der Waals surface area contributed by atoms with Crippen LogP contribution in [0.15, 0.2) is 12.1 Å². The average Bonchev–Trinajstić information content (AvgIpc) is 3.34. The molecule has 1 aliphatic carbocycles. The molecule has 4 rings (SSSR count). The third-order valence-electron chi connectivity index (χ3n) is 7.44. The Morgan fingerprint density at radius 1 is 1.15 bits per heavy atom. The summed E-state index contributed by atoms with van der Waals surface area (Å²) >= 11 is 0. The number of amides is 2. The Balaban J connectivity index is 1.41. The Hall–Kier alpha value is -2.98. The van der Waals surface area contributed by atoms with Crippen LogP contribution < -0.4 is 20.1 Å². The number of hydrogen-bond acceptors (Lipinski definition) is 11. The quantitative estimate of drug-likeness (QED) is 0.149. The zero-order valence-electron chi connectivity index (χ0n) is 22.6. The van der Waals surface area contributed by atoms with Gasteiger partial charge in [-0.05, 0) is 42.7 Å². The van der Waals surface area contributed by atoms with Crippen molar-refractivity contribution in [2.75, 3.05) is 33.0 Å². The van der Waals surface area contributed by atoms with Crippen molar-refractivity contribution in [1.82, 2.24) is 20.8 Å². The van der Waals surface area contributed by atoms with Crippen molar-refractivity contribution in [3.05, 3.63) is 40.1 Å². The number of H-pyrrole nitrogens is 1. The lowest BCUT2D eigenvalue weighted by atomic mass is 9.81. The minimum Gasteiger partial charge on any atom is -0.492 e. The number of hydrogen-bond donors (Lipinski definition) is 9. The van der Waals surface area contributed by atoms with Gasteiger partial charge in [0.25, 0.3) is 0 Å². The van der Waals surface area contributed by atoms with Crippen LogP contribution in [-0.2, 0) is 11.2 Å². The number of fused-ring (bicyclic) bond motifs is 2. The van der Waals surface area contributed by atoms with E-state index >= 15 is 0 Å². The van der Waals surface area contributed by atoms with E-state index in [2.05, 4.69) is 20.8 Å². The Bertz CT molecular complexity index is 1180. The number of carbonyl (C=O) groups excluding carboxylic acids is 1. The van der Waals surface area contributed by atoms with Crippen molar-refractivity contribution in [3.8, 4) is 11.6 Å². The molecule has 2 amide bonds. The first-order valence-electron chi connectivity index (χ1n) is 13.1. The number of rotatable bonds is 10. The van der Waals surface area contributed by atoms with Gasteiger partial charge in [0, 0.05) is 23.6 Å². The van der Waals surface area contributed by atoms with Gasteiger partial charge >= 0.3 is 6.03 Å². The summed E-state index contributed by atoms with van der Waals surface area (Å²) in [5, 5.41) is 70.9. The Morgan fingerprint density at radius 2 is 1.88 bits per heavy atom. The molecule has 0 bridgehead atoms. The van der Waals surface area contributed by atoms with Crippen molar-refractivity contribution < 1.29 is 49.6 Å². The molecule has 2 aliphatic rings. The predicted octanol–water partition coefficient (Wildman–Crippen LogP) is -1.63. The number of urea groups is 1. The number of aryl methyl sites for hydroxylation is 1. The predicted molar refractivity (Wildman–Crippen MR) is 139 cm³/mol. The van der Waals surface area contributed by atoms with Gasteiger partial charge in [0.15, 0.2) is 0 Å². The molecule has 2 aromatic rings. The van der Waals surface area contributed by atoms with Gasteiger partial charge in [-0.3, -0.25) is 5.10 Å². The molecular weight excluding hydrogens is 528 g/mol. The van der Waals surface area contributed by atoms with Crippen molar-refractivity contribution >= 4 is 6.03 Å². The summed E-state index contributed by atoms with van der Waals surface area (Å²) in [4.78, 5) is 12.0. The molecule has 0 saturated carbocycles. The number of nitrogens with one attached hydrogen (secondary N) is 3. The summed E-state index contributed by atoms with van der Waals surface area (Å²) in [6.45, 7) is 4.51. The average molecular weight is 567 g/mol. The molecule has 40 heavy (non-hydrogen) atoms. The number of benzene rings is 1. The molecule has 1 aromatic carbocycles. The fourth-order valence-corrected chi connectivity index (χ4v) is 4.90. The SMILES string of the molecule is Cc1cc(OCCNC(=O)NC(C)(CO)CO)cc2c1Cc1c(O[C@@H]3OC(CO)[C@@H](O)C(O)[C@H]3O)n[nH]c1C2C. The lowest BCUT2D eigenvalue weighted by molar-refractivity contribution is -0.278. The van der Waals surface area contributed by atoms with E-state index in [9.17, 15) is 35.4 Å². The second-order valence-electron chi connectivity index (χ2n) is 10.5. The van der Waals surface area contributed by atoms with E-state index in [0.717, 1.165) is 27.9 Å². The first kappa shape index (κ1) is 30.0. The van der Waals surface area contributed by atoms with Crippen LogP contribution in [-0.4, -0.2) is 116 Å². The van der Waals surface area contributed by atoms with E-state index in [4.69, 9.17) is 14.2 Å². The van der Waals surface area contributed by atoms with Gasteiger partial charge in [0.2, 0.25) is 12.2 Å². The normalized spacial score (nSPS) is 26.0. The fraction of sp³-hybridized carbons (Fsp3) is 0.615. The molecule has 14 heteroatoms. The maximum atomic E-state index is 12.0. The molecule has 222 valence electrons. The van der Waals surface area contributed by atoms with Gasteiger partial charge in [-0.2, -0.15) is 0 Å². The van der Waals surface area contributed by atoms with E-state index in [1.54, 1.807) is 0 Å². The lowest BCUT2D eigenvalue weighted by Gasteiger charge is -2.39. The van der Waals surface area contributed by atoms with Crippen LogP contribution in [0.4, 0.5) is 4.79 Å². The van der Waals surface area contributed by atoms with Crippen molar-refractivity contribution in [2.24, 2.45) is 0 Å². The molecule has 9 N–H and O–H groups in total. The van der Waals surface area contributed by atoms with Crippen LogP contribution >= 0.6 is 0 Å². The van der Waals surface area contributed by atoms with Crippen LogP contribution in [0.1, 0.15) is 47.7 Å². The Kier molecular flexibility index (Phi) is 9.19. The van der Waals surface area contributed by atoms with Crippen LogP contribution in [0.2, 0.25) is 0 Å². The number of aromatic amines is 1. The minimum atomic E-state index is -1.56. The second-order valence-corrected chi connectivity index (χ2v) is 10.5. The molecule has 1 aromatic heterocycles. The molecule has 2 heterocycles. The van der Waals surface area contributed by atoms with Crippen molar-refractivity contribution in [2.45, 2.75) is 69.4 Å². The number of ether oxygens (including phenoxy) is 3. The molecule has 1 fully saturated rings. The highest BCUT2D eigenvalue weighted by atomic mass is 16.7. The van der Waals surface area contributed by atoms with Crippen LogP contribution in [0, 0.1) is 6.92 Å². The van der Waals surface area contributed by atoms with Gasteiger partial charge in [-0.25, -0.2) is 4.79 Å². The fourth-order valence-electron chi connectivity index (χ4n) is 4.90. The van der Waals surface area contributed by atoms with Gasteiger partial charge in [-0.15, -0.1) is 5.10 Å². The van der Waals surface area contributed by atoms with E-state index in [-0.39, 0.29) is 24.9 Å². The molecule has 14 nitrogen and oxygen atoms in total. The van der Waals surface area contributed by atoms with Crippen molar-refractivity contribution in [1.29, 1.82) is 0 Å². The van der Waals surface area contributed by atoms with Gasteiger partial charge in [0.1, 0.15) is 36.8 Å².